The first-order valence-electron chi connectivity index (χ1n) is 12.6. The fourth-order valence-corrected chi connectivity index (χ4v) is 5.33. The third-order valence-electron chi connectivity index (χ3n) is 7.19. The zero-order chi connectivity index (χ0) is 27.7. The average molecular weight is 550 g/mol. The predicted molar refractivity (Wildman–Crippen MR) is 148 cm³/mol. The molecule has 0 saturated carbocycles. The van der Waals surface area contributed by atoms with E-state index in [9.17, 15) is 14.3 Å². The Labute approximate surface area is 231 Å². The summed E-state index contributed by atoms with van der Waals surface area (Å²) in [5, 5.41) is 13.1. The Balaban J connectivity index is 1.60. The van der Waals surface area contributed by atoms with Gasteiger partial charge in [-0.1, -0.05) is 17.7 Å². The van der Waals surface area contributed by atoms with Gasteiger partial charge in [0.2, 0.25) is 5.95 Å². The topological polar surface area (TPSA) is 92.5 Å². The van der Waals surface area contributed by atoms with Crippen LogP contribution in [-0.4, -0.2) is 51.2 Å². The molecule has 0 saturated heterocycles. The molecule has 0 spiro atoms. The number of fused-ring (bicyclic) bond motifs is 1. The van der Waals surface area contributed by atoms with Crippen molar-refractivity contribution in [3.05, 3.63) is 93.8 Å². The SMILES string of the molecule is CNc1nccn1Cc1cc2c(c(-c3cc(CO)cnc3Cl)c1)CCN([C@@H](C)c1ccc(F)c(OC)c1)C2=O. The summed E-state index contributed by atoms with van der Waals surface area (Å²) in [6, 6.07) is 10.1. The van der Waals surface area contributed by atoms with Gasteiger partial charge in [0.15, 0.2) is 11.6 Å². The first kappa shape index (κ1) is 26.6. The molecule has 3 heterocycles. The number of rotatable bonds is 8. The quantitative estimate of drug-likeness (QED) is 0.298. The Hall–Kier alpha value is -3.95. The lowest BCUT2D eigenvalue weighted by Gasteiger charge is -2.35. The lowest BCUT2D eigenvalue weighted by molar-refractivity contribution is 0.0672. The fourth-order valence-electron chi connectivity index (χ4n) is 5.13. The van der Waals surface area contributed by atoms with Crippen molar-refractivity contribution in [1.29, 1.82) is 0 Å². The molecule has 0 aliphatic carbocycles. The highest BCUT2D eigenvalue weighted by Gasteiger charge is 2.32. The number of imidazole rings is 1. The van der Waals surface area contributed by atoms with Crippen LogP contribution in [0.15, 0.2) is 55.0 Å². The van der Waals surface area contributed by atoms with E-state index in [4.69, 9.17) is 16.3 Å². The predicted octanol–water partition coefficient (Wildman–Crippen LogP) is 5.09. The molecule has 1 atom stereocenters. The third kappa shape index (κ3) is 5.07. The normalized spacial score (nSPS) is 13.8. The molecule has 0 bridgehead atoms. The van der Waals surface area contributed by atoms with E-state index in [1.54, 1.807) is 36.5 Å². The molecule has 10 heteroatoms. The van der Waals surface area contributed by atoms with E-state index in [0.717, 1.165) is 22.3 Å². The molecule has 39 heavy (non-hydrogen) atoms. The van der Waals surface area contributed by atoms with Crippen LogP contribution in [0.3, 0.4) is 0 Å². The van der Waals surface area contributed by atoms with Gasteiger partial charge >= 0.3 is 0 Å². The smallest absolute Gasteiger partial charge is 0.254 e. The van der Waals surface area contributed by atoms with Gasteiger partial charge in [-0.2, -0.15) is 0 Å². The average Bonchev–Trinajstić information content (AvgIpc) is 3.40. The van der Waals surface area contributed by atoms with Crippen molar-refractivity contribution in [2.75, 3.05) is 26.0 Å². The first-order chi connectivity index (χ1) is 18.8. The molecule has 1 aliphatic rings. The Bertz CT molecular complexity index is 1540. The number of nitrogens with zero attached hydrogens (tertiary/aromatic N) is 4. The van der Waals surface area contributed by atoms with Crippen molar-refractivity contribution in [1.82, 2.24) is 19.4 Å². The minimum atomic E-state index is -0.450. The van der Waals surface area contributed by atoms with Gasteiger partial charge in [-0.25, -0.2) is 14.4 Å². The van der Waals surface area contributed by atoms with Gasteiger partial charge in [-0.05, 0) is 71.5 Å². The van der Waals surface area contributed by atoms with Crippen molar-refractivity contribution in [3.63, 3.8) is 0 Å². The number of methoxy groups -OCH3 is 1. The molecule has 1 aliphatic heterocycles. The van der Waals surface area contributed by atoms with E-state index in [0.29, 0.717) is 47.3 Å². The monoisotopic (exact) mass is 549 g/mol. The number of ether oxygens (including phenoxy) is 1. The highest BCUT2D eigenvalue weighted by molar-refractivity contribution is 6.32. The van der Waals surface area contributed by atoms with Crippen LogP contribution in [0.25, 0.3) is 11.1 Å². The maximum Gasteiger partial charge on any atom is 0.254 e. The van der Waals surface area contributed by atoms with Crippen molar-refractivity contribution >= 4 is 23.5 Å². The zero-order valence-electron chi connectivity index (χ0n) is 21.9. The van der Waals surface area contributed by atoms with Crippen LogP contribution in [0.5, 0.6) is 5.75 Å². The number of hydrogen-bond acceptors (Lipinski definition) is 6. The number of hydrogen-bond donors (Lipinski definition) is 2. The molecule has 2 aromatic carbocycles. The Kier molecular flexibility index (Phi) is 7.54. The molecule has 4 aromatic rings. The van der Waals surface area contributed by atoms with Crippen LogP contribution in [0.1, 0.15) is 45.6 Å². The zero-order valence-corrected chi connectivity index (χ0v) is 22.7. The minimum Gasteiger partial charge on any atom is -0.494 e. The molecule has 0 fully saturated rings. The van der Waals surface area contributed by atoms with Crippen molar-refractivity contribution in [3.8, 4) is 16.9 Å². The van der Waals surface area contributed by atoms with Crippen LogP contribution in [-0.2, 0) is 19.6 Å². The molecule has 0 unspecified atom stereocenters. The summed E-state index contributed by atoms with van der Waals surface area (Å²) < 4.78 is 21.2. The summed E-state index contributed by atoms with van der Waals surface area (Å²) in [6.45, 7) is 2.69. The van der Waals surface area contributed by atoms with E-state index in [1.807, 2.05) is 35.9 Å². The summed E-state index contributed by atoms with van der Waals surface area (Å²) in [4.78, 5) is 24.4. The number of carbonyl (C=O) groups is 1. The second kappa shape index (κ2) is 11.0. The van der Waals surface area contributed by atoms with Gasteiger partial charge < -0.3 is 24.6 Å². The minimum absolute atomic E-state index is 0.128. The summed E-state index contributed by atoms with van der Waals surface area (Å²) in [5.74, 6) is 0.259. The highest BCUT2D eigenvalue weighted by atomic mass is 35.5. The highest BCUT2D eigenvalue weighted by Crippen LogP contribution is 2.38. The molecule has 1 amide bonds. The number of aliphatic hydroxyl groups excluding tert-OH is 1. The molecule has 2 aromatic heterocycles. The van der Waals surface area contributed by atoms with Crippen LogP contribution in [0.2, 0.25) is 5.15 Å². The maximum absolute atomic E-state index is 14.0. The lowest BCUT2D eigenvalue weighted by Crippen LogP contribution is -2.39. The molecule has 8 nitrogen and oxygen atoms in total. The van der Waals surface area contributed by atoms with Gasteiger partial charge in [-0.15, -0.1) is 0 Å². The largest absolute Gasteiger partial charge is 0.494 e. The van der Waals surface area contributed by atoms with E-state index in [1.165, 1.54) is 13.2 Å². The Morgan fingerprint density at radius 1 is 1.15 bits per heavy atom. The van der Waals surface area contributed by atoms with Gasteiger partial charge in [0.1, 0.15) is 5.15 Å². The number of aromatic nitrogens is 3. The number of anilines is 1. The van der Waals surface area contributed by atoms with Gasteiger partial charge in [0, 0.05) is 43.3 Å². The number of aliphatic hydroxyl groups is 1. The first-order valence-corrected chi connectivity index (χ1v) is 13.0. The van der Waals surface area contributed by atoms with Crippen LogP contribution in [0.4, 0.5) is 10.3 Å². The van der Waals surface area contributed by atoms with Gasteiger partial charge in [0.25, 0.3) is 5.91 Å². The Morgan fingerprint density at radius 3 is 2.67 bits per heavy atom. The van der Waals surface area contributed by atoms with E-state index < -0.39 is 5.82 Å². The van der Waals surface area contributed by atoms with Gasteiger partial charge in [0.05, 0.1) is 26.3 Å². The standard InChI is InChI=1S/C29H29ClFN5O3/c1-17(20-4-5-25(31)26(13-20)39-3)36-8-6-21-22(23-12-19(16-37)14-34-27(23)30)10-18(11-24(21)28(36)38)15-35-9-7-33-29(35)32-2/h4-5,7,9-14,17,37H,6,8,15-16H2,1-3H3,(H,32,33)/t17-/m0/s1. The number of halogens is 2. The number of pyridine rings is 1. The van der Waals surface area contributed by atoms with Crippen LogP contribution in [0, 0.1) is 5.82 Å². The molecular formula is C29H29ClFN5O3. The number of amides is 1. The van der Waals surface area contributed by atoms with Gasteiger partial charge in [-0.3, -0.25) is 4.79 Å². The molecule has 2 N–H and O–H groups in total. The molecule has 5 rings (SSSR count). The molecule has 202 valence electrons. The number of carbonyl (C=O) groups excluding carboxylic acids is 1. The second-order valence-electron chi connectivity index (χ2n) is 9.46. The molecular weight excluding hydrogens is 521 g/mol. The maximum atomic E-state index is 14.0. The van der Waals surface area contributed by atoms with Crippen molar-refractivity contribution in [2.24, 2.45) is 0 Å². The second-order valence-corrected chi connectivity index (χ2v) is 9.81. The number of nitrogens with one attached hydrogen (secondary N) is 1. The Morgan fingerprint density at radius 2 is 1.92 bits per heavy atom. The summed E-state index contributed by atoms with van der Waals surface area (Å²) in [6.07, 6.45) is 5.70. The van der Waals surface area contributed by atoms with E-state index >= 15 is 0 Å². The van der Waals surface area contributed by atoms with E-state index in [2.05, 4.69) is 15.3 Å². The van der Waals surface area contributed by atoms with Crippen LogP contribution < -0.4 is 10.1 Å². The van der Waals surface area contributed by atoms with Crippen molar-refractivity contribution in [2.45, 2.75) is 32.5 Å². The van der Waals surface area contributed by atoms with Crippen LogP contribution >= 0.6 is 11.6 Å². The lowest BCUT2D eigenvalue weighted by atomic mass is 9.87. The van der Waals surface area contributed by atoms with Crippen molar-refractivity contribution < 1.29 is 19.0 Å². The fraction of sp³-hybridized carbons (Fsp3) is 0.276. The number of benzene rings is 2. The summed E-state index contributed by atoms with van der Waals surface area (Å²) in [5.41, 5.74) is 5.22. The third-order valence-corrected chi connectivity index (χ3v) is 7.49. The van der Waals surface area contributed by atoms with E-state index in [-0.39, 0.29) is 24.3 Å². The molecule has 0 radical (unpaired) electrons. The summed E-state index contributed by atoms with van der Waals surface area (Å²) in [7, 11) is 3.22. The summed E-state index contributed by atoms with van der Waals surface area (Å²) >= 11 is 6.55.